The number of hydrogen-bond donors (Lipinski definition) is 1. The van der Waals surface area contributed by atoms with E-state index in [9.17, 15) is 9.00 Å². The standard InChI is InChI=1S/C24H27NO3S/c1-18-8-11-21(12-9-18)16-29(27)17-22-14-15-23(28-22)24(26)25-19(2)10-13-20-6-4-3-5-7-20/h3-9,11-12,14-15,19H,10,13,16-17H2,1-2H3,(H,25,26)/t19-,29+/m0/s1. The molecule has 0 spiro atoms. The molecule has 3 rings (SSSR count). The number of hydrogen-bond acceptors (Lipinski definition) is 3. The van der Waals surface area contributed by atoms with Crippen LogP contribution in [0.2, 0.25) is 0 Å². The van der Waals surface area contributed by atoms with Gasteiger partial charge in [-0.3, -0.25) is 9.00 Å². The van der Waals surface area contributed by atoms with Crippen molar-refractivity contribution >= 4 is 16.7 Å². The smallest absolute Gasteiger partial charge is 0.287 e. The molecule has 152 valence electrons. The summed E-state index contributed by atoms with van der Waals surface area (Å²) in [6.45, 7) is 4.01. The Morgan fingerprint density at radius 3 is 2.41 bits per heavy atom. The summed E-state index contributed by atoms with van der Waals surface area (Å²) in [6.07, 6.45) is 1.76. The summed E-state index contributed by atoms with van der Waals surface area (Å²) >= 11 is 0. The van der Waals surface area contributed by atoms with Crippen molar-refractivity contribution < 1.29 is 13.4 Å². The molecule has 0 saturated heterocycles. The van der Waals surface area contributed by atoms with Crippen molar-refractivity contribution in [3.05, 3.63) is 94.9 Å². The minimum absolute atomic E-state index is 0.0342. The van der Waals surface area contributed by atoms with Gasteiger partial charge in [-0.15, -0.1) is 0 Å². The van der Waals surface area contributed by atoms with Gasteiger partial charge < -0.3 is 9.73 Å². The summed E-state index contributed by atoms with van der Waals surface area (Å²) in [7, 11) is -1.09. The largest absolute Gasteiger partial charge is 0.455 e. The number of benzene rings is 2. The second kappa shape index (κ2) is 10.2. The van der Waals surface area contributed by atoms with E-state index in [0.717, 1.165) is 18.4 Å². The van der Waals surface area contributed by atoms with Crippen LogP contribution in [-0.2, 0) is 28.7 Å². The molecule has 29 heavy (non-hydrogen) atoms. The number of carbonyl (C=O) groups excluding carboxylic acids is 1. The van der Waals surface area contributed by atoms with Gasteiger partial charge in [0.05, 0.1) is 5.75 Å². The van der Waals surface area contributed by atoms with Crippen LogP contribution in [-0.4, -0.2) is 16.2 Å². The molecule has 2 atom stereocenters. The van der Waals surface area contributed by atoms with Crippen LogP contribution in [0.15, 0.2) is 71.1 Å². The Balaban J connectivity index is 1.47. The monoisotopic (exact) mass is 409 g/mol. The molecule has 1 heterocycles. The molecule has 2 aromatic carbocycles. The highest BCUT2D eigenvalue weighted by Crippen LogP contribution is 2.14. The lowest BCUT2D eigenvalue weighted by Crippen LogP contribution is -2.32. The molecule has 1 amide bonds. The van der Waals surface area contributed by atoms with Crippen LogP contribution in [0.3, 0.4) is 0 Å². The Labute approximate surface area is 174 Å². The van der Waals surface area contributed by atoms with Gasteiger partial charge in [0.15, 0.2) is 5.76 Å². The lowest BCUT2D eigenvalue weighted by molar-refractivity contribution is 0.0909. The van der Waals surface area contributed by atoms with Gasteiger partial charge in [-0.1, -0.05) is 60.2 Å². The zero-order chi connectivity index (χ0) is 20.6. The predicted octanol–water partition coefficient (Wildman–Crippen LogP) is 4.79. The van der Waals surface area contributed by atoms with E-state index in [1.807, 2.05) is 56.3 Å². The summed E-state index contributed by atoms with van der Waals surface area (Å²) in [5, 5.41) is 2.97. The molecule has 0 saturated carbocycles. The summed E-state index contributed by atoms with van der Waals surface area (Å²) in [4.78, 5) is 12.4. The summed E-state index contributed by atoms with van der Waals surface area (Å²) in [6, 6.07) is 21.6. The molecule has 5 heteroatoms. The Hall–Kier alpha value is -2.66. The Bertz CT molecular complexity index is 948. The van der Waals surface area contributed by atoms with Crippen molar-refractivity contribution in [2.75, 3.05) is 0 Å². The topological polar surface area (TPSA) is 59.3 Å². The third kappa shape index (κ3) is 6.71. The first-order valence-corrected chi connectivity index (χ1v) is 11.3. The first-order valence-electron chi connectivity index (χ1n) is 9.83. The van der Waals surface area contributed by atoms with E-state index < -0.39 is 10.8 Å². The van der Waals surface area contributed by atoms with Gasteiger partial charge in [0, 0.05) is 22.6 Å². The predicted molar refractivity (Wildman–Crippen MR) is 117 cm³/mol. The van der Waals surface area contributed by atoms with Crippen LogP contribution in [0.1, 0.15) is 46.3 Å². The van der Waals surface area contributed by atoms with Crippen LogP contribution >= 0.6 is 0 Å². The molecule has 3 aromatic rings. The second-order valence-corrected chi connectivity index (χ2v) is 8.84. The van der Waals surface area contributed by atoms with Crippen LogP contribution in [0.4, 0.5) is 0 Å². The average Bonchev–Trinajstić information content (AvgIpc) is 3.17. The van der Waals surface area contributed by atoms with Gasteiger partial charge >= 0.3 is 0 Å². The first kappa shape index (κ1) is 21.1. The fourth-order valence-corrected chi connectivity index (χ4v) is 4.19. The molecule has 0 aliphatic heterocycles. The molecule has 0 radical (unpaired) electrons. The highest BCUT2D eigenvalue weighted by Gasteiger charge is 2.15. The fraction of sp³-hybridized carbons (Fsp3) is 0.292. The number of amides is 1. The molecule has 0 aliphatic rings. The summed E-state index contributed by atoms with van der Waals surface area (Å²) in [5.74, 6) is 1.36. The maximum atomic E-state index is 12.4. The molecule has 1 N–H and O–H groups in total. The number of rotatable bonds is 9. The van der Waals surface area contributed by atoms with Gasteiger partial charge in [-0.2, -0.15) is 0 Å². The van der Waals surface area contributed by atoms with Gasteiger partial charge in [-0.25, -0.2) is 0 Å². The van der Waals surface area contributed by atoms with Crippen molar-refractivity contribution in [2.24, 2.45) is 0 Å². The molecule has 0 unspecified atom stereocenters. The molecule has 1 aromatic heterocycles. The van der Waals surface area contributed by atoms with Crippen molar-refractivity contribution in [1.82, 2.24) is 5.32 Å². The number of nitrogens with one attached hydrogen (secondary N) is 1. The van der Waals surface area contributed by atoms with Crippen LogP contribution in [0.5, 0.6) is 0 Å². The minimum Gasteiger partial charge on any atom is -0.455 e. The lowest BCUT2D eigenvalue weighted by atomic mass is 10.1. The maximum Gasteiger partial charge on any atom is 0.287 e. The van der Waals surface area contributed by atoms with E-state index in [1.54, 1.807) is 12.1 Å². The molecular formula is C24H27NO3S. The average molecular weight is 410 g/mol. The maximum absolute atomic E-state index is 12.4. The highest BCUT2D eigenvalue weighted by atomic mass is 32.2. The number of furan rings is 1. The van der Waals surface area contributed by atoms with Crippen molar-refractivity contribution in [2.45, 2.75) is 44.2 Å². The van der Waals surface area contributed by atoms with Crippen molar-refractivity contribution in [1.29, 1.82) is 0 Å². The van der Waals surface area contributed by atoms with E-state index in [-0.39, 0.29) is 17.7 Å². The SMILES string of the molecule is Cc1ccc(C[S@@](=O)Cc2ccc(C(=O)N[C@@H](C)CCc3ccccc3)o2)cc1. The Morgan fingerprint density at radius 1 is 0.966 bits per heavy atom. The van der Waals surface area contributed by atoms with E-state index in [0.29, 0.717) is 17.3 Å². The first-order chi connectivity index (χ1) is 14.0. The fourth-order valence-electron chi connectivity index (χ4n) is 3.05. The molecule has 0 aliphatic carbocycles. The zero-order valence-electron chi connectivity index (χ0n) is 16.9. The van der Waals surface area contributed by atoms with Crippen LogP contribution in [0.25, 0.3) is 0 Å². The minimum atomic E-state index is -1.09. The van der Waals surface area contributed by atoms with Gasteiger partial charge in [0.1, 0.15) is 5.76 Å². The van der Waals surface area contributed by atoms with Crippen molar-refractivity contribution in [3.63, 3.8) is 0 Å². The molecule has 0 bridgehead atoms. The zero-order valence-corrected chi connectivity index (χ0v) is 17.7. The Kier molecular flexibility index (Phi) is 7.42. The molecular weight excluding hydrogens is 382 g/mol. The summed E-state index contributed by atoms with van der Waals surface area (Å²) in [5.41, 5.74) is 3.47. The van der Waals surface area contributed by atoms with Gasteiger partial charge in [-0.05, 0) is 49.9 Å². The highest BCUT2D eigenvalue weighted by molar-refractivity contribution is 7.83. The van der Waals surface area contributed by atoms with Crippen LogP contribution in [0, 0.1) is 6.92 Å². The number of aryl methyl sites for hydroxylation is 2. The van der Waals surface area contributed by atoms with Gasteiger partial charge in [0.2, 0.25) is 0 Å². The van der Waals surface area contributed by atoms with E-state index in [4.69, 9.17) is 4.42 Å². The quantitative estimate of drug-likeness (QED) is 0.553. The third-order valence-corrected chi connectivity index (χ3v) is 5.99. The number of carbonyl (C=O) groups is 1. The van der Waals surface area contributed by atoms with Gasteiger partial charge in [0.25, 0.3) is 5.91 Å². The van der Waals surface area contributed by atoms with Crippen LogP contribution < -0.4 is 5.32 Å². The van der Waals surface area contributed by atoms with E-state index >= 15 is 0 Å². The second-order valence-electron chi connectivity index (χ2n) is 7.38. The Morgan fingerprint density at radius 2 is 1.69 bits per heavy atom. The third-order valence-electron chi connectivity index (χ3n) is 4.72. The molecule has 0 fully saturated rings. The normalized spacial score (nSPS) is 13.0. The van der Waals surface area contributed by atoms with E-state index in [1.165, 1.54) is 11.1 Å². The van der Waals surface area contributed by atoms with E-state index in [2.05, 4.69) is 17.4 Å². The lowest BCUT2D eigenvalue weighted by Gasteiger charge is -2.12. The molecule has 4 nitrogen and oxygen atoms in total. The van der Waals surface area contributed by atoms with Crippen molar-refractivity contribution in [3.8, 4) is 0 Å². The summed E-state index contributed by atoms with van der Waals surface area (Å²) < 4.78 is 18.0.